The highest BCUT2D eigenvalue weighted by molar-refractivity contribution is 5.54. The van der Waals surface area contributed by atoms with Gasteiger partial charge in [0.15, 0.2) is 0 Å². The molecule has 1 saturated heterocycles. The maximum Gasteiger partial charge on any atom is 0.257 e. The van der Waals surface area contributed by atoms with Crippen LogP contribution in [0.3, 0.4) is 0 Å². The smallest absolute Gasteiger partial charge is 0.257 e. The highest BCUT2D eigenvalue weighted by Gasteiger charge is 2.29. The van der Waals surface area contributed by atoms with E-state index >= 15 is 0 Å². The molecule has 0 saturated carbocycles. The first-order chi connectivity index (χ1) is 5.21. The number of carbonyl (C=O) groups excluding carboxylic acids is 1. The molecule has 1 fully saturated rings. The fourth-order valence-corrected chi connectivity index (χ4v) is 1.45. The van der Waals surface area contributed by atoms with E-state index in [0.29, 0.717) is 19.6 Å². The third-order valence-corrected chi connectivity index (χ3v) is 2.43. The average Bonchev–Trinajstić information content (AvgIpc) is 2.05. The van der Waals surface area contributed by atoms with Crippen LogP contribution in [-0.2, 0) is 0 Å². The normalized spacial score (nSPS) is 23.0. The van der Waals surface area contributed by atoms with E-state index in [0.717, 1.165) is 13.1 Å². The highest BCUT2D eigenvalue weighted by Crippen LogP contribution is 2.06. The molecule has 0 spiro atoms. The second-order valence-electron chi connectivity index (χ2n) is 2.92. The molecule has 0 aromatic heterocycles. The monoisotopic (exact) mass is 158 g/mol. The van der Waals surface area contributed by atoms with Crippen LogP contribution in [0.4, 0.5) is 4.79 Å². The van der Waals surface area contributed by atoms with Gasteiger partial charge in [-0.25, -0.2) is 0 Å². The summed E-state index contributed by atoms with van der Waals surface area (Å²) in [6.45, 7) is 5.38. The first-order valence-electron chi connectivity index (χ1n) is 3.99. The van der Waals surface area contributed by atoms with E-state index in [2.05, 4.69) is 5.32 Å². The molecule has 0 atom stereocenters. The Morgan fingerprint density at radius 3 is 2.36 bits per heavy atom. The molecule has 1 N–H and O–H groups in total. The van der Waals surface area contributed by atoms with Crippen LogP contribution in [0, 0.1) is 0 Å². The minimum atomic E-state index is -0.936. The molecule has 0 aromatic carbocycles. The van der Waals surface area contributed by atoms with Gasteiger partial charge in [0.25, 0.3) is 6.09 Å². The minimum absolute atomic E-state index is 0.118. The third-order valence-electron chi connectivity index (χ3n) is 2.43. The number of carbonyl (C=O) groups is 1. The average molecular weight is 158 g/mol. The molecule has 0 radical (unpaired) electrons. The largest absolute Gasteiger partial charge is 0.498 e. The Morgan fingerprint density at radius 1 is 1.55 bits per heavy atom. The van der Waals surface area contributed by atoms with Gasteiger partial charge in [-0.3, -0.25) is 4.48 Å². The maximum absolute atomic E-state index is 10.7. The molecule has 4 heteroatoms. The van der Waals surface area contributed by atoms with E-state index in [-0.39, 0.29) is 4.48 Å². The fraction of sp³-hybridized carbons (Fsp3) is 0.857. The van der Waals surface area contributed by atoms with Crippen molar-refractivity contribution in [3.8, 4) is 0 Å². The summed E-state index contributed by atoms with van der Waals surface area (Å²) in [5.74, 6) is 0. The van der Waals surface area contributed by atoms with Gasteiger partial charge in [0.05, 0.1) is 19.6 Å². The van der Waals surface area contributed by atoms with Gasteiger partial charge >= 0.3 is 0 Å². The Kier molecular flexibility index (Phi) is 2.46. The van der Waals surface area contributed by atoms with E-state index in [1.165, 1.54) is 0 Å². The van der Waals surface area contributed by atoms with Crippen LogP contribution in [0.2, 0.25) is 0 Å². The number of rotatable bonds is 1. The topological polar surface area (TPSA) is 52.2 Å². The SMILES string of the molecule is CC[N+]1(C(=O)[O-])CCNCC1. The molecule has 4 nitrogen and oxygen atoms in total. The fourth-order valence-electron chi connectivity index (χ4n) is 1.45. The lowest BCUT2D eigenvalue weighted by Crippen LogP contribution is -2.65. The molecule has 64 valence electrons. The summed E-state index contributed by atoms with van der Waals surface area (Å²) >= 11 is 0. The zero-order valence-electron chi connectivity index (χ0n) is 6.80. The minimum Gasteiger partial charge on any atom is -0.498 e. The van der Waals surface area contributed by atoms with E-state index in [1.54, 1.807) is 0 Å². The second kappa shape index (κ2) is 3.19. The molecule has 1 aliphatic rings. The van der Waals surface area contributed by atoms with Crippen LogP contribution in [0.25, 0.3) is 0 Å². The molecule has 0 aliphatic carbocycles. The van der Waals surface area contributed by atoms with Gasteiger partial charge in [-0.05, 0) is 6.92 Å². The standard InChI is InChI=1S/C7H14N2O2/c1-2-9(7(10)11)5-3-8-4-6-9/h8H,2-6H2,1H3. The van der Waals surface area contributed by atoms with Crippen LogP contribution >= 0.6 is 0 Å². The molecule has 0 unspecified atom stereocenters. The number of carboxylic acid groups (broad SMARTS) is 1. The maximum atomic E-state index is 10.7. The van der Waals surface area contributed by atoms with Gasteiger partial charge in [-0.2, -0.15) is 0 Å². The number of hydrogen-bond donors (Lipinski definition) is 1. The summed E-state index contributed by atoms with van der Waals surface area (Å²) < 4.78 is 0.118. The van der Waals surface area contributed by atoms with Crippen molar-refractivity contribution in [3.05, 3.63) is 0 Å². The molecular formula is C7H14N2O2. The van der Waals surface area contributed by atoms with Gasteiger partial charge < -0.3 is 15.2 Å². The van der Waals surface area contributed by atoms with Crippen molar-refractivity contribution in [2.45, 2.75) is 6.92 Å². The number of piperazine rings is 1. The molecular weight excluding hydrogens is 144 g/mol. The number of nitrogens with zero attached hydrogens (tertiary/aromatic N) is 1. The predicted octanol–water partition coefficient (Wildman–Crippen LogP) is -1.23. The van der Waals surface area contributed by atoms with Crippen LogP contribution in [0.1, 0.15) is 6.92 Å². The van der Waals surface area contributed by atoms with Crippen LogP contribution in [0.15, 0.2) is 0 Å². The van der Waals surface area contributed by atoms with Crippen LogP contribution in [0.5, 0.6) is 0 Å². The van der Waals surface area contributed by atoms with Gasteiger partial charge in [0.2, 0.25) is 0 Å². The molecule has 11 heavy (non-hydrogen) atoms. The van der Waals surface area contributed by atoms with Crippen molar-refractivity contribution in [2.75, 3.05) is 32.7 Å². The highest BCUT2D eigenvalue weighted by atomic mass is 16.4. The summed E-state index contributed by atoms with van der Waals surface area (Å²) in [5, 5.41) is 13.9. The summed E-state index contributed by atoms with van der Waals surface area (Å²) in [4.78, 5) is 10.7. The third kappa shape index (κ3) is 1.52. The number of hydrogen-bond acceptors (Lipinski definition) is 3. The lowest BCUT2D eigenvalue weighted by Gasteiger charge is -2.39. The van der Waals surface area contributed by atoms with Crippen molar-refractivity contribution >= 4 is 6.09 Å². The number of nitrogens with one attached hydrogen (secondary N) is 1. The number of amides is 1. The number of likely N-dealkylation sites (N-methyl/N-ethyl adjacent to an activating group) is 1. The first-order valence-corrected chi connectivity index (χ1v) is 3.99. The van der Waals surface area contributed by atoms with Crippen molar-refractivity contribution in [1.82, 2.24) is 5.32 Å². The van der Waals surface area contributed by atoms with E-state index in [9.17, 15) is 9.90 Å². The summed E-state index contributed by atoms with van der Waals surface area (Å²) in [7, 11) is 0. The van der Waals surface area contributed by atoms with E-state index < -0.39 is 6.09 Å². The zero-order valence-corrected chi connectivity index (χ0v) is 6.80. The van der Waals surface area contributed by atoms with Crippen molar-refractivity contribution in [3.63, 3.8) is 0 Å². The summed E-state index contributed by atoms with van der Waals surface area (Å²) in [5.41, 5.74) is 0. The Morgan fingerprint density at radius 2 is 2.09 bits per heavy atom. The summed E-state index contributed by atoms with van der Waals surface area (Å²) in [6, 6.07) is 0. The van der Waals surface area contributed by atoms with Gasteiger partial charge in [0.1, 0.15) is 0 Å². The molecule has 1 amide bonds. The van der Waals surface area contributed by atoms with Crippen molar-refractivity contribution in [1.29, 1.82) is 0 Å². The Hall–Kier alpha value is -0.610. The molecule has 0 aromatic rings. The Labute approximate surface area is 66.4 Å². The Bertz CT molecular complexity index is 153. The number of quaternary nitrogens is 1. The Balaban J connectivity index is 2.64. The molecule has 1 rings (SSSR count). The quantitative estimate of drug-likeness (QED) is 0.486. The zero-order chi connectivity index (χ0) is 8.32. The molecule has 1 aliphatic heterocycles. The lowest BCUT2D eigenvalue weighted by molar-refractivity contribution is -0.876. The van der Waals surface area contributed by atoms with Gasteiger partial charge in [-0.15, -0.1) is 0 Å². The first kappa shape index (κ1) is 8.49. The van der Waals surface area contributed by atoms with E-state index in [1.807, 2.05) is 6.92 Å². The van der Waals surface area contributed by atoms with Crippen molar-refractivity contribution < 1.29 is 14.4 Å². The van der Waals surface area contributed by atoms with E-state index in [4.69, 9.17) is 0 Å². The van der Waals surface area contributed by atoms with Crippen molar-refractivity contribution in [2.24, 2.45) is 0 Å². The summed E-state index contributed by atoms with van der Waals surface area (Å²) in [6.07, 6.45) is -0.936. The van der Waals surface area contributed by atoms with Crippen LogP contribution < -0.4 is 10.4 Å². The van der Waals surface area contributed by atoms with Gasteiger partial charge in [-0.1, -0.05) is 0 Å². The lowest BCUT2D eigenvalue weighted by atomic mass is 10.3. The van der Waals surface area contributed by atoms with Crippen LogP contribution in [-0.4, -0.2) is 43.3 Å². The van der Waals surface area contributed by atoms with Gasteiger partial charge in [0, 0.05) is 13.1 Å². The molecule has 1 heterocycles. The predicted molar refractivity (Wildman–Crippen MR) is 38.8 cm³/mol. The molecule has 0 bridgehead atoms. The second-order valence-corrected chi connectivity index (χ2v) is 2.92.